The molecule has 27 heavy (non-hydrogen) atoms. The number of piperidine rings is 1. The SMILES string of the molecule is CN(C=N)C(=N)C1CCN(c2c(C#N)cccc2-c2ccc(=O)[nH]c2)CC1. The van der Waals surface area contributed by atoms with Crippen molar-refractivity contribution >= 4 is 17.9 Å². The molecule has 2 aromatic rings. The summed E-state index contributed by atoms with van der Waals surface area (Å²) in [7, 11) is 1.72. The number of anilines is 1. The molecular weight excluding hydrogens is 340 g/mol. The first-order valence-electron chi connectivity index (χ1n) is 8.84. The Balaban J connectivity index is 1.90. The number of hydrogen-bond donors (Lipinski definition) is 3. The summed E-state index contributed by atoms with van der Waals surface area (Å²) in [6, 6.07) is 11.1. The van der Waals surface area contributed by atoms with Crippen molar-refractivity contribution < 1.29 is 0 Å². The average Bonchev–Trinajstić information content (AvgIpc) is 2.72. The summed E-state index contributed by atoms with van der Waals surface area (Å²) in [5.74, 6) is 0.567. The van der Waals surface area contributed by atoms with Gasteiger partial charge in [0.1, 0.15) is 11.9 Å². The van der Waals surface area contributed by atoms with Crippen LogP contribution in [0.3, 0.4) is 0 Å². The second-order valence-electron chi connectivity index (χ2n) is 6.64. The van der Waals surface area contributed by atoms with Crippen LogP contribution in [0.25, 0.3) is 11.1 Å². The number of aromatic nitrogens is 1. The zero-order valence-electron chi connectivity index (χ0n) is 15.2. The smallest absolute Gasteiger partial charge is 0.247 e. The van der Waals surface area contributed by atoms with Gasteiger partial charge in [-0.25, -0.2) is 0 Å². The summed E-state index contributed by atoms with van der Waals surface area (Å²) in [6.45, 7) is 1.46. The van der Waals surface area contributed by atoms with Crippen molar-refractivity contribution in [3.8, 4) is 17.2 Å². The van der Waals surface area contributed by atoms with Crippen LogP contribution >= 0.6 is 0 Å². The quantitative estimate of drug-likeness (QED) is 0.573. The molecule has 0 amide bonds. The number of H-pyrrole nitrogens is 1. The maximum absolute atomic E-state index is 11.4. The number of pyridine rings is 1. The minimum absolute atomic E-state index is 0.110. The Labute approximate surface area is 157 Å². The highest BCUT2D eigenvalue weighted by molar-refractivity contribution is 5.90. The van der Waals surface area contributed by atoms with E-state index in [2.05, 4.69) is 16.0 Å². The fourth-order valence-corrected chi connectivity index (χ4v) is 3.52. The molecule has 2 heterocycles. The van der Waals surface area contributed by atoms with Gasteiger partial charge in [-0.15, -0.1) is 0 Å². The van der Waals surface area contributed by atoms with Crippen LogP contribution in [-0.2, 0) is 0 Å². The molecule has 138 valence electrons. The fraction of sp³-hybridized carbons (Fsp3) is 0.300. The molecule has 0 radical (unpaired) electrons. The predicted octanol–water partition coefficient (Wildman–Crippen LogP) is 2.65. The van der Waals surface area contributed by atoms with E-state index in [-0.39, 0.29) is 11.5 Å². The lowest BCUT2D eigenvalue weighted by molar-refractivity contribution is 0.473. The standard InChI is InChI=1S/C20H22N6O/c1-25(13-22)20(23)14-7-9-26(10-8-14)19-15(11-21)3-2-4-17(19)16-5-6-18(27)24-12-16/h2-6,12-14,22-23H,7-10H2,1H3,(H,24,27). The van der Waals surface area contributed by atoms with E-state index >= 15 is 0 Å². The minimum atomic E-state index is -0.161. The molecule has 0 saturated carbocycles. The summed E-state index contributed by atoms with van der Waals surface area (Å²) in [6.07, 6.45) is 4.42. The number of nitrogens with one attached hydrogen (secondary N) is 3. The summed E-state index contributed by atoms with van der Waals surface area (Å²) < 4.78 is 0. The van der Waals surface area contributed by atoms with Crippen LogP contribution in [0.2, 0.25) is 0 Å². The molecule has 7 heteroatoms. The lowest BCUT2D eigenvalue weighted by Gasteiger charge is -2.36. The van der Waals surface area contributed by atoms with Gasteiger partial charge in [0.25, 0.3) is 0 Å². The molecule has 1 fully saturated rings. The van der Waals surface area contributed by atoms with E-state index in [4.69, 9.17) is 10.8 Å². The number of amidine groups is 1. The largest absolute Gasteiger partial charge is 0.370 e. The highest BCUT2D eigenvalue weighted by Gasteiger charge is 2.27. The van der Waals surface area contributed by atoms with Gasteiger partial charge in [-0.05, 0) is 25.0 Å². The van der Waals surface area contributed by atoms with E-state index in [1.165, 1.54) is 11.0 Å². The maximum atomic E-state index is 11.4. The highest BCUT2D eigenvalue weighted by atomic mass is 16.1. The zero-order valence-corrected chi connectivity index (χ0v) is 15.2. The number of aromatic amines is 1. The number of nitrogens with zero attached hydrogens (tertiary/aromatic N) is 3. The van der Waals surface area contributed by atoms with Crippen molar-refractivity contribution in [1.82, 2.24) is 9.88 Å². The molecule has 1 aromatic heterocycles. The molecule has 1 aliphatic rings. The molecule has 3 N–H and O–H groups in total. The Hall–Kier alpha value is -3.40. The van der Waals surface area contributed by atoms with E-state index < -0.39 is 0 Å². The predicted molar refractivity (Wildman–Crippen MR) is 106 cm³/mol. The van der Waals surface area contributed by atoms with Crippen molar-refractivity contribution in [2.45, 2.75) is 12.8 Å². The van der Waals surface area contributed by atoms with Gasteiger partial charge in [0, 0.05) is 49.4 Å². The van der Waals surface area contributed by atoms with Gasteiger partial charge < -0.3 is 14.8 Å². The van der Waals surface area contributed by atoms with E-state index in [1.807, 2.05) is 18.2 Å². The van der Waals surface area contributed by atoms with E-state index in [0.717, 1.165) is 49.1 Å². The molecule has 0 spiro atoms. The summed E-state index contributed by atoms with van der Waals surface area (Å²) in [5, 5.41) is 25.1. The van der Waals surface area contributed by atoms with Gasteiger partial charge in [0.15, 0.2) is 0 Å². The minimum Gasteiger partial charge on any atom is -0.370 e. The van der Waals surface area contributed by atoms with Crippen LogP contribution in [0.1, 0.15) is 18.4 Å². The molecule has 7 nitrogen and oxygen atoms in total. The number of rotatable bonds is 4. The molecule has 0 atom stereocenters. The number of hydrogen-bond acceptors (Lipinski definition) is 5. The molecule has 0 bridgehead atoms. The van der Waals surface area contributed by atoms with Gasteiger partial charge in [0.2, 0.25) is 5.56 Å². The van der Waals surface area contributed by atoms with E-state index in [9.17, 15) is 10.1 Å². The van der Waals surface area contributed by atoms with E-state index in [1.54, 1.807) is 19.3 Å². The third-order valence-corrected chi connectivity index (χ3v) is 5.02. The number of nitriles is 1. The summed E-state index contributed by atoms with van der Waals surface area (Å²) in [4.78, 5) is 17.8. The van der Waals surface area contributed by atoms with Crippen LogP contribution in [0.15, 0.2) is 41.3 Å². The first-order chi connectivity index (χ1) is 13.0. The second-order valence-corrected chi connectivity index (χ2v) is 6.64. The van der Waals surface area contributed by atoms with Gasteiger partial charge in [0.05, 0.1) is 17.6 Å². The van der Waals surface area contributed by atoms with Gasteiger partial charge in [-0.1, -0.05) is 12.1 Å². The van der Waals surface area contributed by atoms with Gasteiger partial charge in [-0.2, -0.15) is 5.26 Å². The molecule has 0 unspecified atom stereocenters. The van der Waals surface area contributed by atoms with Crippen molar-refractivity contribution in [1.29, 1.82) is 16.1 Å². The Morgan fingerprint density at radius 1 is 1.33 bits per heavy atom. The first-order valence-corrected chi connectivity index (χ1v) is 8.84. The molecule has 1 aromatic carbocycles. The van der Waals surface area contributed by atoms with Crippen LogP contribution in [0.4, 0.5) is 5.69 Å². The van der Waals surface area contributed by atoms with Crippen LogP contribution in [0, 0.1) is 28.1 Å². The Morgan fingerprint density at radius 2 is 2.07 bits per heavy atom. The van der Waals surface area contributed by atoms with Crippen molar-refractivity contribution in [2.24, 2.45) is 5.92 Å². The zero-order chi connectivity index (χ0) is 19.4. The second kappa shape index (κ2) is 7.87. The number of para-hydroxylation sites is 1. The number of benzene rings is 1. The van der Waals surface area contributed by atoms with Crippen molar-refractivity contribution in [3.05, 3.63) is 52.4 Å². The van der Waals surface area contributed by atoms with Crippen LogP contribution < -0.4 is 10.5 Å². The van der Waals surface area contributed by atoms with Crippen LogP contribution in [0.5, 0.6) is 0 Å². The van der Waals surface area contributed by atoms with Crippen LogP contribution in [-0.4, -0.2) is 42.2 Å². The molecule has 1 saturated heterocycles. The average molecular weight is 362 g/mol. The van der Waals surface area contributed by atoms with Crippen molar-refractivity contribution in [2.75, 3.05) is 25.0 Å². The lowest BCUT2D eigenvalue weighted by atomic mass is 9.92. The third-order valence-electron chi connectivity index (χ3n) is 5.02. The summed E-state index contributed by atoms with van der Waals surface area (Å²) in [5.41, 5.74) is 3.09. The Bertz CT molecular complexity index is 929. The third kappa shape index (κ3) is 3.75. The topological polar surface area (TPSA) is 111 Å². The fourth-order valence-electron chi connectivity index (χ4n) is 3.52. The first kappa shape index (κ1) is 18.4. The van der Waals surface area contributed by atoms with E-state index in [0.29, 0.717) is 11.4 Å². The highest BCUT2D eigenvalue weighted by Crippen LogP contribution is 2.35. The maximum Gasteiger partial charge on any atom is 0.247 e. The molecule has 0 aliphatic carbocycles. The lowest BCUT2D eigenvalue weighted by Crippen LogP contribution is -2.41. The van der Waals surface area contributed by atoms with Gasteiger partial charge >= 0.3 is 0 Å². The van der Waals surface area contributed by atoms with Crippen molar-refractivity contribution in [3.63, 3.8) is 0 Å². The summed E-state index contributed by atoms with van der Waals surface area (Å²) >= 11 is 0. The monoisotopic (exact) mass is 362 g/mol. The van der Waals surface area contributed by atoms with Gasteiger partial charge in [-0.3, -0.25) is 15.6 Å². The molecule has 3 rings (SSSR count). The Kier molecular flexibility index (Phi) is 5.36. The Morgan fingerprint density at radius 3 is 2.67 bits per heavy atom. The normalized spacial score (nSPS) is 14.4. The molecular formula is C20H22N6O. The molecule has 1 aliphatic heterocycles.